The van der Waals surface area contributed by atoms with Gasteiger partial charge in [0.1, 0.15) is 0 Å². The highest BCUT2D eigenvalue weighted by Crippen LogP contribution is 2.31. The summed E-state index contributed by atoms with van der Waals surface area (Å²) >= 11 is 0. The van der Waals surface area contributed by atoms with Crippen LogP contribution >= 0.6 is 0 Å². The fourth-order valence-corrected chi connectivity index (χ4v) is 4.98. The second-order valence-corrected chi connectivity index (χ2v) is 9.21. The van der Waals surface area contributed by atoms with Gasteiger partial charge in [0.05, 0.1) is 13.2 Å². The van der Waals surface area contributed by atoms with Crippen LogP contribution in [0, 0.1) is 6.92 Å². The monoisotopic (exact) mass is 489 g/mol. The molecule has 1 amide bonds. The number of hydrogen-bond donors (Lipinski definition) is 0. The Bertz CT molecular complexity index is 1060. The Hall–Kier alpha value is -3.02. The molecule has 1 unspecified atom stereocenters. The van der Waals surface area contributed by atoms with Gasteiger partial charge in [-0.15, -0.1) is 0 Å². The van der Waals surface area contributed by atoms with E-state index in [0.29, 0.717) is 7.18 Å². The van der Waals surface area contributed by atoms with Gasteiger partial charge in [0.2, 0.25) is 0 Å². The lowest BCUT2D eigenvalue weighted by Crippen LogP contribution is -2.47. The van der Waals surface area contributed by atoms with Crippen LogP contribution in [0.25, 0.3) is 0 Å². The summed E-state index contributed by atoms with van der Waals surface area (Å²) in [6, 6.07) is 28.1. The van der Waals surface area contributed by atoms with E-state index in [1.54, 1.807) is 0 Å². The number of halogens is 1. The van der Waals surface area contributed by atoms with Crippen LogP contribution in [-0.2, 0) is 6.54 Å². The molecule has 1 aliphatic heterocycles. The first-order valence-electron chi connectivity index (χ1n) is 12.9. The standard InChI is InChI=1S/C30H37N3O.CH3F/c1-4-32(5-2)30(34)27-16-14-26(15-17-27)29(28-13-9-10-24(3)22-28)33-20-18-31(19-21-33)23-25-11-7-6-8-12-25;1-2/h6-17,22,29H,4-5,18-21,23H2,1-3H3;1H3. The predicted octanol–water partition coefficient (Wildman–Crippen LogP) is 5.97. The van der Waals surface area contributed by atoms with E-state index >= 15 is 0 Å². The maximum absolute atomic E-state index is 12.8. The zero-order valence-corrected chi connectivity index (χ0v) is 22.2. The number of hydrogen-bond acceptors (Lipinski definition) is 3. The molecule has 3 aromatic carbocycles. The van der Waals surface area contributed by atoms with Crippen LogP contribution in [0.15, 0.2) is 78.9 Å². The van der Waals surface area contributed by atoms with Crippen LogP contribution in [0.4, 0.5) is 4.39 Å². The largest absolute Gasteiger partial charge is 0.339 e. The highest BCUT2D eigenvalue weighted by molar-refractivity contribution is 5.94. The van der Waals surface area contributed by atoms with Crippen LogP contribution in [0.1, 0.15) is 52.5 Å². The fraction of sp³-hybridized carbons (Fsp3) is 0.387. The van der Waals surface area contributed by atoms with Crippen molar-refractivity contribution in [2.24, 2.45) is 0 Å². The molecule has 0 radical (unpaired) electrons. The number of aryl methyl sites for hydroxylation is 1. The van der Waals surface area contributed by atoms with E-state index in [0.717, 1.165) is 51.4 Å². The van der Waals surface area contributed by atoms with Crippen molar-refractivity contribution in [2.45, 2.75) is 33.4 Å². The molecule has 5 heteroatoms. The van der Waals surface area contributed by atoms with Gasteiger partial charge in [-0.05, 0) is 49.6 Å². The molecule has 1 atom stereocenters. The molecule has 0 spiro atoms. The highest BCUT2D eigenvalue weighted by Gasteiger charge is 2.27. The van der Waals surface area contributed by atoms with E-state index in [1.165, 1.54) is 22.3 Å². The van der Waals surface area contributed by atoms with Gasteiger partial charge in [-0.3, -0.25) is 19.0 Å². The molecule has 1 saturated heterocycles. The Morgan fingerprint density at radius 1 is 0.833 bits per heavy atom. The number of carbonyl (C=O) groups is 1. The third-order valence-corrected chi connectivity index (χ3v) is 6.90. The van der Waals surface area contributed by atoms with E-state index in [9.17, 15) is 9.18 Å². The van der Waals surface area contributed by atoms with Crippen molar-refractivity contribution in [2.75, 3.05) is 46.4 Å². The maximum Gasteiger partial charge on any atom is 0.253 e. The van der Waals surface area contributed by atoms with Crippen LogP contribution < -0.4 is 0 Å². The van der Waals surface area contributed by atoms with Crippen molar-refractivity contribution in [1.82, 2.24) is 14.7 Å². The Morgan fingerprint density at radius 2 is 1.47 bits per heavy atom. The minimum Gasteiger partial charge on any atom is -0.339 e. The van der Waals surface area contributed by atoms with Crippen LogP contribution in [-0.4, -0.2) is 67.1 Å². The van der Waals surface area contributed by atoms with Crippen molar-refractivity contribution in [3.05, 3.63) is 107 Å². The summed E-state index contributed by atoms with van der Waals surface area (Å²) in [4.78, 5) is 19.8. The number of nitrogens with zero attached hydrogens (tertiary/aromatic N) is 3. The van der Waals surface area contributed by atoms with Crippen LogP contribution in [0.2, 0.25) is 0 Å². The zero-order chi connectivity index (χ0) is 25.9. The average molecular weight is 490 g/mol. The molecule has 36 heavy (non-hydrogen) atoms. The molecule has 3 aromatic rings. The number of benzene rings is 3. The number of alkyl halides is 1. The lowest BCUT2D eigenvalue weighted by molar-refractivity contribution is 0.0773. The van der Waals surface area contributed by atoms with Crippen molar-refractivity contribution in [3.8, 4) is 0 Å². The Labute approximate surface area is 216 Å². The van der Waals surface area contributed by atoms with E-state index in [1.807, 2.05) is 30.9 Å². The lowest BCUT2D eigenvalue weighted by atomic mass is 9.94. The summed E-state index contributed by atoms with van der Waals surface area (Å²) in [6.45, 7) is 12.8. The number of piperazine rings is 1. The van der Waals surface area contributed by atoms with Gasteiger partial charge in [-0.2, -0.15) is 0 Å². The molecule has 0 saturated carbocycles. The molecule has 1 aliphatic rings. The van der Waals surface area contributed by atoms with Gasteiger partial charge in [0, 0.05) is 51.4 Å². The second-order valence-electron chi connectivity index (χ2n) is 9.21. The fourth-order valence-electron chi connectivity index (χ4n) is 4.98. The second kappa shape index (κ2) is 13.9. The molecule has 0 aliphatic carbocycles. The number of amides is 1. The first kappa shape index (κ1) is 27.6. The summed E-state index contributed by atoms with van der Waals surface area (Å²) in [6.07, 6.45) is 0. The molecule has 4 rings (SSSR count). The normalized spacial score (nSPS) is 15.0. The molecular weight excluding hydrogens is 449 g/mol. The lowest BCUT2D eigenvalue weighted by Gasteiger charge is -2.40. The van der Waals surface area contributed by atoms with Crippen molar-refractivity contribution < 1.29 is 9.18 Å². The Balaban J connectivity index is 0.00000176. The summed E-state index contributed by atoms with van der Waals surface area (Å²) < 4.78 is 9.50. The molecule has 0 aromatic heterocycles. The molecule has 1 fully saturated rings. The molecular formula is C31H40FN3O. The van der Waals surface area contributed by atoms with Gasteiger partial charge in [0.25, 0.3) is 5.91 Å². The first-order valence-corrected chi connectivity index (χ1v) is 12.9. The average Bonchev–Trinajstić information content (AvgIpc) is 2.93. The van der Waals surface area contributed by atoms with Crippen molar-refractivity contribution in [1.29, 1.82) is 0 Å². The minimum absolute atomic E-state index is 0.109. The quantitative estimate of drug-likeness (QED) is 0.390. The third kappa shape index (κ3) is 7.02. The SMILES string of the molecule is CCN(CC)C(=O)c1ccc(C(c2cccc(C)c2)N2CCN(Cc3ccccc3)CC2)cc1.CF. The molecule has 192 valence electrons. The molecule has 4 nitrogen and oxygen atoms in total. The van der Waals surface area contributed by atoms with Crippen molar-refractivity contribution >= 4 is 5.91 Å². The van der Waals surface area contributed by atoms with E-state index < -0.39 is 0 Å². The summed E-state index contributed by atoms with van der Waals surface area (Å²) in [5.41, 5.74) is 5.99. The van der Waals surface area contributed by atoms with Crippen molar-refractivity contribution in [3.63, 3.8) is 0 Å². The predicted molar refractivity (Wildman–Crippen MR) is 147 cm³/mol. The zero-order valence-electron chi connectivity index (χ0n) is 22.2. The van der Waals surface area contributed by atoms with Crippen LogP contribution in [0.5, 0.6) is 0 Å². The summed E-state index contributed by atoms with van der Waals surface area (Å²) in [7, 11) is 0.500. The van der Waals surface area contributed by atoms with Crippen LogP contribution in [0.3, 0.4) is 0 Å². The summed E-state index contributed by atoms with van der Waals surface area (Å²) in [5.74, 6) is 0.109. The minimum atomic E-state index is 0.109. The number of carbonyl (C=O) groups excluding carboxylic acids is 1. The van der Waals surface area contributed by atoms with E-state index in [-0.39, 0.29) is 11.9 Å². The summed E-state index contributed by atoms with van der Waals surface area (Å²) in [5, 5.41) is 0. The number of rotatable bonds is 8. The van der Waals surface area contributed by atoms with Gasteiger partial charge < -0.3 is 4.90 Å². The Kier molecular flexibility index (Phi) is 10.6. The first-order chi connectivity index (χ1) is 17.6. The van der Waals surface area contributed by atoms with E-state index in [2.05, 4.69) is 83.5 Å². The molecule has 0 bridgehead atoms. The van der Waals surface area contributed by atoms with Gasteiger partial charge >= 0.3 is 0 Å². The maximum atomic E-state index is 12.8. The Morgan fingerprint density at radius 3 is 2.06 bits per heavy atom. The van der Waals surface area contributed by atoms with Gasteiger partial charge in [-0.1, -0.05) is 72.3 Å². The van der Waals surface area contributed by atoms with Gasteiger partial charge in [0.15, 0.2) is 0 Å². The topological polar surface area (TPSA) is 26.8 Å². The third-order valence-electron chi connectivity index (χ3n) is 6.90. The van der Waals surface area contributed by atoms with Gasteiger partial charge in [-0.25, -0.2) is 0 Å². The molecule has 1 heterocycles. The van der Waals surface area contributed by atoms with E-state index in [4.69, 9.17) is 0 Å². The molecule has 0 N–H and O–H groups in total. The highest BCUT2D eigenvalue weighted by atomic mass is 19.1. The smallest absolute Gasteiger partial charge is 0.253 e.